The summed E-state index contributed by atoms with van der Waals surface area (Å²) in [6, 6.07) is 14.4. The molecule has 0 atom stereocenters. The molecule has 0 spiro atoms. The van der Waals surface area contributed by atoms with Crippen LogP contribution in [-0.2, 0) is 20.4 Å². The zero-order chi connectivity index (χ0) is 22.2. The molecule has 9 heteroatoms. The summed E-state index contributed by atoms with van der Waals surface area (Å²) < 4.78 is 53.2. The highest BCUT2D eigenvalue weighted by atomic mass is 32.2. The number of hydrogen-bond donors (Lipinski definition) is 2. The van der Waals surface area contributed by atoms with Gasteiger partial charge in [-0.15, -0.1) is 0 Å². The SMILES string of the molecule is Nc1ccc(/C=C2\Sc3ccc(S(=O)(=O)Cc4c(F)cccc4F)cc3NC2=O)cc1. The zero-order valence-electron chi connectivity index (χ0n) is 15.9. The Balaban J connectivity index is 1.62. The average molecular weight is 459 g/mol. The molecule has 0 saturated carbocycles. The highest BCUT2D eigenvalue weighted by Gasteiger charge is 2.25. The van der Waals surface area contributed by atoms with Gasteiger partial charge in [0.1, 0.15) is 11.6 Å². The molecule has 1 aliphatic heterocycles. The number of hydrogen-bond acceptors (Lipinski definition) is 5. The third kappa shape index (κ3) is 4.47. The number of nitrogen functional groups attached to an aromatic ring is 1. The van der Waals surface area contributed by atoms with Gasteiger partial charge in [0.15, 0.2) is 9.84 Å². The van der Waals surface area contributed by atoms with Crippen molar-refractivity contribution in [1.29, 1.82) is 0 Å². The van der Waals surface area contributed by atoms with Crippen LogP contribution in [0.15, 0.2) is 75.4 Å². The van der Waals surface area contributed by atoms with Crippen molar-refractivity contribution in [2.75, 3.05) is 11.1 Å². The Kier molecular flexibility index (Phi) is 5.55. The van der Waals surface area contributed by atoms with Gasteiger partial charge in [0, 0.05) is 16.1 Å². The molecule has 0 bridgehead atoms. The molecule has 0 radical (unpaired) electrons. The lowest BCUT2D eigenvalue weighted by Gasteiger charge is -2.19. The Morgan fingerprint density at radius 1 is 1.00 bits per heavy atom. The molecule has 3 aromatic rings. The first-order valence-corrected chi connectivity index (χ1v) is 11.6. The smallest absolute Gasteiger partial charge is 0.262 e. The number of fused-ring (bicyclic) bond motifs is 1. The van der Waals surface area contributed by atoms with Crippen LogP contribution >= 0.6 is 11.8 Å². The number of anilines is 2. The maximum atomic E-state index is 13.9. The standard InChI is InChI=1S/C22H16F2N2O3S2/c23-17-2-1-3-18(24)16(17)12-31(28,29)15-8-9-20-19(11-15)26-22(27)21(30-20)10-13-4-6-14(25)7-5-13/h1-11H,12,25H2,(H,26,27)/b21-10-. The van der Waals surface area contributed by atoms with E-state index in [9.17, 15) is 22.0 Å². The molecule has 31 heavy (non-hydrogen) atoms. The molecular weight excluding hydrogens is 442 g/mol. The Morgan fingerprint density at radius 3 is 2.35 bits per heavy atom. The van der Waals surface area contributed by atoms with Crippen LogP contribution in [0.3, 0.4) is 0 Å². The van der Waals surface area contributed by atoms with Gasteiger partial charge in [0.2, 0.25) is 0 Å². The van der Waals surface area contributed by atoms with Gasteiger partial charge in [-0.25, -0.2) is 17.2 Å². The maximum Gasteiger partial charge on any atom is 0.262 e. The van der Waals surface area contributed by atoms with E-state index in [0.29, 0.717) is 21.2 Å². The van der Waals surface area contributed by atoms with Crippen molar-refractivity contribution in [3.05, 3.63) is 88.3 Å². The third-order valence-corrected chi connectivity index (χ3v) is 7.37. The third-order valence-electron chi connectivity index (χ3n) is 4.63. The molecule has 4 rings (SSSR count). The van der Waals surface area contributed by atoms with Gasteiger partial charge in [0.25, 0.3) is 5.91 Å². The topological polar surface area (TPSA) is 89.3 Å². The van der Waals surface area contributed by atoms with Gasteiger partial charge in [-0.3, -0.25) is 4.79 Å². The van der Waals surface area contributed by atoms with Crippen LogP contribution < -0.4 is 11.1 Å². The Hall–Kier alpha value is -3.17. The highest BCUT2D eigenvalue weighted by molar-refractivity contribution is 8.04. The fraction of sp³-hybridized carbons (Fsp3) is 0.0455. The number of nitrogens with two attached hydrogens (primary N) is 1. The minimum atomic E-state index is -4.04. The molecule has 0 fully saturated rings. The van der Waals surface area contributed by atoms with E-state index in [-0.39, 0.29) is 10.8 Å². The van der Waals surface area contributed by atoms with Crippen molar-refractivity contribution in [3.63, 3.8) is 0 Å². The average Bonchev–Trinajstić information content (AvgIpc) is 2.72. The minimum absolute atomic E-state index is 0.138. The maximum absolute atomic E-state index is 13.9. The molecule has 0 unspecified atom stereocenters. The molecule has 1 heterocycles. The lowest BCUT2D eigenvalue weighted by atomic mass is 10.2. The zero-order valence-corrected chi connectivity index (χ0v) is 17.6. The van der Waals surface area contributed by atoms with Gasteiger partial charge >= 0.3 is 0 Å². The van der Waals surface area contributed by atoms with E-state index in [1.54, 1.807) is 36.4 Å². The van der Waals surface area contributed by atoms with Gasteiger partial charge in [0.05, 0.1) is 21.2 Å². The fourth-order valence-corrected chi connectivity index (χ4v) is 5.35. The van der Waals surface area contributed by atoms with Crippen molar-refractivity contribution in [1.82, 2.24) is 0 Å². The summed E-state index contributed by atoms with van der Waals surface area (Å²) in [5, 5.41) is 2.68. The van der Waals surface area contributed by atoms with Crippen LogP contribution in [0.1, 0.15) is 11.1 Å². The number of thioether (sulfide) groups is 1. The first kappa shape index (κ1) is 21.1. The summed E-state index contributed by atoms with van der Waals surface area (Å²) >= 11 is 1.20. The first-order valence-electron chi connectivity index (χ1n) is 9.09. The van der Waals surface area contributed by atoms with E-state index in [2.05, 4.69) is 5.32 Å². The van der Waals surface area contributed by atoms with Gasteiger partial charge in [-0.1, -0.05) is 30.0 Å². The van der Waals surface area contributed by atoms with Crippen molar-refractivity contribution < 1.29 is 22.0 Å². The van der Waals surface area contributed by atoms with E-state index < -0.39 is 32.8 Å². The number of benzene rings is 3. The lowest BCUT2D eigenvalue weighted by molar-refractivity contribution is -0.112. The van der Waals surface area contributed by atoms with Crippen LogP contribution in [0.5, 0.6) is 0 Å². The van der Waals surface area contributed by atoms with E-state index in [4.69, 9.17) is 5.73 Å². The van der Waals surface area contributed by atoms with Gasteiger partial charge in [-0.2, -0.15) is 0 Å². The number of carbonyl (C=O) groups is 1. The summed E-state index contributed by atoms with van der Waals surface area (Å²) in [6.45, 7) is 0. The number of carbonyl (C=O) groups excluding carboxylic acids is 1. The number of halogens is 2. The molecule has 0 aliphatic carbocycles. The molecule has 3 N–H and O–H groups in total. The molecule has 0 aromatic heterocycles. The number of rotatable bonds is 4. The monoisotopic (exact) mass is 458 g/mol. The summed E-state index contributed by atoms with van der Waals surface area (Å²) in [6.07, 6.45) is 1.70. The summed E-state index contributed by atoms with van der Waals surface area (Å²) in [7, 11) is -4.04. The molecule has 158 valence electrons. The Bertz CT molecular complexity index is 1300. The molecule has 5 nitrogen and oxygen atoms in total. The Morgan fingerprint density at radius 2 is 1.68 bits per heavy atom. The van der Waals surface area contributed by atoms with Crippen LogP contribution in [0, 0.1) is 11.6 Å². The summed E-state index contributed by atoms with van der Waals surface area (Å²) in [5.41, 5.74) is 6.87. The van der Waals surface area contributed by atoms with Crippen molar-refractivity contribution in [3.8, 4) is 0 Å². The van der Waals surface area contributed by atoms with Crippen LogP contribution in [0.25, 0.3) is 6.08 Å². The second-order valence-electron chi connectivity index (χ2n) is 6.85. The second-order valence-corrected chi connectivity index (χ2v) is 9.92. The minimum Gasteiger partial charge on any atom is -0.399 e. The molecular formula is C22H16F2N2O3S2. The lowest BCUT2D eigenvalue weighted by Crippen LogP contribution is -2.18. The van der Waals surface area contributed by atoms with E-state index >= 15 is 0 Å². The van der Waals surface area contributed by atoms with Crippen molar-refractivity contribution in [2.45, 2.75) is 15.5 Å². The number of sulfone groups is 1. The number of amides is 1. The Labute approximate surface area is 181 Å². The predicted octanol–water partition coefficient (Wildman–Crippen LogP) is 4.61. The van der Waals surface area contributed by atoms with Crippen LogP contribution in [-0.4, -0.2) is 14.3 Å². The van der Waals surface area contributed by atoms with E-state index in [0.717, 1.165) is 17.7 Å². The quantitative estimate of drug-likeness (QED) is 0.440. The van der Waals surface area contributed by atoms with Crippen molar-refractivity contribution in [2.24, 2.45) is 0 Å². The van der Waals surface area contributed by atoms with Gasteiger partial charge < -0.3 is 11.1 Å². The normalized spacial score (nSPS) is 14.9. The largest absolute Gasteiger partial charge is 0.399 e. The van der Waals surface area contributed by atoms with Crippen LogP contribution in [0.2, 0.25) is 0 Å². The molecule has 1 aliphatic rings. The number of nitrogens with one attached hydrogen (secondary N) is 1. The van der Waals surface area contributed by atoms with Crippen molar-refractivity contribution >= 4 is 45.0 Å². The molecule has 1 amide bonds. The van der Waals surface area contributed by atoms with E-state index in [1.807, 2.05) is 0 Å². The second kappa shape index (κ2) is 8.16. The summed E-state index contributed by atoms with van der Waals surface area (Å²) in [5.74, 6) is -3.07. The fourth-order valence-electron chi connectivity index (χ4n) is 3.02. The first-order chi connectivity index (χ1) is 14.7. The predicted molar refractivity (Wildman–Crippen MR) is 117 cm³/mol. The summed E-state index contributed by atoms with van der Waals surface area (Å²) in [4.78, 5) is 13.4. The van der Waals surface area contributed by atoms with Gasteiger partial charge in [-0.05, 0) is 54.1 Å². The van der Waals surface area contributed by atoms with E-state index in [1.165, 1.54) is 30.0 Å². The molecule has 0 saturated heterocycles. The van der Waals surface area contributed by atoms with Crippen LogP contribution in [0.4, 0.5) is 20.2 Å². The highest BCUT2D eigenvalue weighted by Crippen LogP contribution is 2.40. The molecule has 3 aromatic carbocycles.